The third kappa shape index (κ3) is 13.7. The van der Waals surface area contributed by atoms with E-state index in [0.717, 1.165) is 6.07 Å². The van der Waals surface area contributed by atoms with Crippen LogP contribution in [0.3, 0.4) is 0 Å². The molecule has 374 valence electrons. The molecule has 0 saturated heterocycles. The van der Waals surface area contributed by atoms with Gasteiger partial charge in [0.15, 0.2) is 27.9 Å². The lowest BCUT2D eigenvalue weighted by Crippen LogP contribution is -2.12. The monoisotopic (exact) mass is 1080 g/mol. The molecule has 0 aromatic heterocycles. The van der Waals surface area contributed by atoms with Crippen molar-refractivity contribution in [1.29, 1.82) is 0 Å². The highest BCUT2D eigenvalue weighted by atomic mass is 32.2. The third-order valence-corrected chi connectivity index (χ3v) is 14.2. The van der Waals surface area contributed by atoms with E-state index >= 15 is 0 Å². The number of methoxy groups -OCH3 is 1. The van der Waals surface area contributed by atoms with Crippen LogP contribution in [0.25, 0.3) is 10.8 Å². The van der Waals surface area contributed by atoms with Crippen LogP contribution < -0.4 is 26.2 Å². The first-order valence-electron chi connectivity index (χ1n) is 19.3. The summed E-state index contributed by atoms with van der Waals surface area (Å²) in [5.41, 5.74) is 12.3. The highest BCUT2D eigenvalue weighted by Gasteiger charge is 2.26. The quantitative estimate of drug-likeness (QED) is 0.00597. The number of benzene rings is 6. The maximum absolute atomic E-state index is 13.3. The summed E-state index contributed by atoms with van der Waals surface area (Å²) in [5, 5.41) is 62.0. The van der Waals surface area contributed by atoms with E-state index in [4.69, 9.17) is 30.9 Å². The zero-order valence-electron chi connectivity index (χ0n) is 36.1. The summed E-state index contributed by atoms with van der Waals surface area (Å²) in [6.07, 6.45) is 0. The first-order chi connectivity index (χ1) is 33.7. The molecule has 0 spiro atoms. The number of carbonyl (C=O) groups is 1. The van der Waals surface area contributed by atoms with E-state index in [1.807, 2.05) is 0 Å². The second-order valence-corrected chi connectivity index (χ2v) is 20.3. The summed E-state index contributed by atoms with van der Waals surface area (Å²) >= 11 is 0.543. The van der Waals surface area contributed by atoms with Crippen LogP contribution in [-0.4, -0.2) is 70.8 Å². The number of phenols is 1. The lowest BCUT2D eigenvalue weighted by molar-refractivity contribution is -0.434. The van der Waals surface area contributed by atoms with Crippen molar-refractivity contribution in [2.45, 2.75) is 26.5 Å². The standard InChI is InChI=1S/C39H36N10O17S5/c1-21(50)42-30-19-29(40)32(61-2)20-31(30)46-43-23-3-5-26(6-4-23)49-70(56,57)28-13-9-25(10-14-28)45-48-38-34(71(58,59)60)18-22-17-33(67-65-63-52)37(36(41)35(22)39(38)51)47-44-24-7-11-27(12-8-24)69(54,55)16-15-62-68-66-64-53/h3-14,17-20,49,51-53H,15-16,40-41H2,1-2H3,(H,42,50)(H,58,59,60)/b46-43+,47-44+,48-45+. The van der Waals surface area contributed by atoms with E-state index in [9.17, 15) is 39.7 Å². The molecule has 32 heteroatoms. The Kier molecular flexibility index (Phi) is 17.6. The number of anilines is 4. The average molecular weight is 1080 g/mol. The largest absolute Gasteiger partial charge is 0.505 e. The molecule has 6 aromatic carbocycles. The van der Waals surface area contributed by atoms with Crippen LogP contribution in [0.1, 0.15) is 6.92 Å². The first-order valence-corrected chi connectivity index (χ1v) is 25.3. The molecule has 0 aliphatic heterocycles. The number of fused-ring (bicyclic) bond motifs is 1. The van der Waals surface area contributed by atoms with Crippen LogP contribution in [0.2, 0.25) is 0 Å². The fraction of sp³-hybridized carbons (Fsp3) is 0.103. The summed E-state index contributed by atoms with van der Waals surface area (Å²) in [6.45, 7) is 0.983. The van der Waals surface area contributed by atoms with Crippen molar-refractivity contribution < 1.29 is 77.9 Å². The van der Waals surface area contributed by atoms with Crippen molar-refractivity contribution in [3.05, 3.63) is 97.1 Å². The van der Waals surface area contributed by atoms with Crippen LogP contribution in [0.4, 0.5) is 56.9 Å². The minimum Gasteiger partial charge on any atom is -0.505 e. The number of hydrogen-bond donors (Lipinski definition) is 8. The maximum Gasteiger partial charge on any atom is 0.296 e. The van der Waals surface area contributed by atoms with Crippen molar-refractivity contribution >= 4 is 128 Å². The molecule has 0 saturated carbocycles. The van der Waals surface area contributed by atoms with Gasteiger partial charge in [0.25, 0.3) is 20.1 Å². The molecule has 0 heterocycles. The second kappa shape index (κ2) is 23.3. The number of amides is 1. The Morgan fingerprint density at radius 2 is 1.31 bits per heavy atom. The number of carbonyl (C=O) groups excluding carboxylic acids is 1. The zero-order valence-corrected chi connectivity index (χ0v) is 40.2. The fourth-order valence-electron chi connectivity index (χ4n) is 6.04. The fourth-order valence-corrected chi connectivity index (χ4v) is 9.67. The molecule has 0 fully saturated rings. The number of nitrogens with zero attached hydrogens (tertiary/aromatic N) is 6. The summed E-state index contributed by atoms with van der Waals surface area (Å²) < 4.78 is 108. The Bertz CT molecular complexity index is 3370. The van der Waals surface area contributed by atoms with E-state index in [2.05, 4.69) is 59.5 Å². The van der Waals surface area contributed by atoms with Gasteiger partial charge < -0.3 is 26.6 Å². The number of phenolic OH excluding ortho intramolecular Hbond substituents is 1. The van der Waals surface area contributed by atoms with Crippen LogP contribution in [0.5, 0.6) is 11.5 Å². The van der Waals surface area contributed by atoms with Gasteiger partial charge in [0, 0.05) is 18.7 Å². The molecule has 0 aliphatic rings. The number of nitrogens with one attached hydrogen (secondary N) is 2. The number of azo groups is 3. The lowest BCUT2D eigenvalue weighted by atomic mass is 10.1. The van der Waals surface area contributed by atoms with Crippen molar-refractivity contribution in [2.75, 3.05) is 41.0 Å². The van der Waals surface area contributed by atoms with Crippen molar-refractivity contribution in [1.82, 2.24) is 0 Å². The maximum atomic E-state index is 13.3. The van der Waals surface area contributed by atoms with Gasteiger partial charge in [-0.3, -0.25) is 18.3 Å². The van der Waals surface area contributed by atoms with E-state index < -0.39 is 52.1 Å². The van der Waals surface area contributed by atoms with E-state index in [0.29, 0.717) is 23.5 Å². The second-order valence-electron chi connectivity index (χ2n) is 13.9. The molecule has 10 N–H and O–H groups in total. The van der Waals surface area contributed by atoms with Gasteiger partial charge in [-0.15, -0.1) is 24.0 Å². The predicted octanol–water partition coefficient (Wildman–Crippen LogP) is 9.17. The average Bonchev–Trinajstić information content (AvgIpc) is 3.32. The van der Waals surface area contributed by atoms with Crippen LogP contribution in [-0.2, 0) is 57.7 Å². The first kappa shape index (κ1) is 53.4. The summed E-state index contributed by atoms with van der Waals surface area (Å²) in [7, 11) is -11.8. The topological polar surface area (TPSA) is 406 Å². The van der Waals surface area contributed by atoms with E-state index in [1.54, 1.807) is 0 Å². The summed E-state index contributed by atoms with van der Waals surface area (Å²) in [4.78, 5) is 10.4. The minimum absolute atomic E-state index is 0.0379. The molecule has 6 rings (SSSR count). The number of hydrogen-bond acceptors (Lipinski definition) is 26. The summed E-state index contributed by atoms with van der Waals surface area (Å²) in [5.74, 6) is -1.45. The molecular formula is C39H36N10O17S5. The van der Waals surface area contributed by atoms with Crippen LogP contribution >= 0.6 is 24.4 Å². The molecule has 0 aliphatic carbocycles. The van der Waals surface area contributed by atoms with Gasteiger partial charge in [0.1, 0.15) is 27.7 Å². The highest BCUT2D eigenvalue weighted by Crippen LogP contribution is 2.49. The number of aromatic hydroxyl groups is 1. The number of nitrogen functional groups attached to an aromatic ring is 2. The molecule has 0 bridgehead atoms. The van der Waals surface area contributed by atoms with Gasteiger partial charge in [-0.05, 0) is 96.4 Å². The molecule has 6 aromatic rings. The Hall–Kier alpha value is -6.92. The van der Waals surface area contributed by atoms with Gasteiger partial charge in [0.2, 0.25) is 5.91 Å². The molecular weight excluding hydrogens is 1040 g/mol. The Morgan fingerprint density at radius 3 is 1.89 bits per heavy atom. The van der Waals surface area contributed by atoms with Gasteiger partial charge in [-0.2, -0.15) is 23.8 Å². The third-order valence-electron chi connectivity index (χ3n) is 9.21. The number of sulfone groups is 1. The van der Waals surface area contributed by atoms with Gasteiger partial charge in [-0.1, -0.05) is 10.1 Å². The Morgan fingerprint density at radius 1 is 0.732 bits per heavy atom. The minimum atomic E-state index is -5.15. The van der Waals surface area contributed by atoms with E-state index in [-0.39, 0.29) is 95.8 Å². The SMILES string of the molecule is COc1cc(/N=N/c2ccc(NS(=O)(=O)c3ccc(/N=N/c4c(S(=O)(=O)O)cc5cc(SOOO)c(/N=N/c6ccc(S(=O)(=O)CCOSOOO)cc6)c(N)c5c4O)cc3)cc2)c(NC(C)=O)cc1N. The van der Waals surface area contributed by atoms with Gasteiger partial charge in [0.05, 0.1) is 85.7 Å². The zero-order chi connectivity index (χ0) is 51.5. The van der Waals surface area contributed by atoms with Crippen LogP contribution in [0, 0.1) is 0 Å². The van der Waals surface area contributed by atoms with Crippen molar-refractivity contribution in [3.8, 4) is 11.5 Å². The Labute approximate surface area is 410 Å². The molecule has 0 radical (unpaired) electrons. The number of ether oxygens (including phenoxy) is 1. The normalized spacial score (nSPS) is 12.4. The summed E-state index contributed by atoms with van der Waals surface area (Å²) in [6, 6.07) is 20.7. The predicted molar refractivity (Wildman–Crippen MR) is 255 cm³/mol. The van der Waals surface area contributed by atoms with Crippen molar-refractivity contribution in [3.63, 3.8) is 0 Å². The Balaban J connectivity index is 1.23. The lowest BCUT2D eigenvalue weighted by Gasteiger charge is -2.14. The molecule has 0 unspecified atom stereocenters. The smallest absolute Gasteiger partial charge is 0.296 e. The van der Waals surface area contributed by atoms with E-state index in [1.165, 1.54) is 105 Å². The molecule has 71 heavy (non-hydrogen) atoms. The molecule has 1 amide bonds. The van der Waals surface area contributed by atoms with Gasteiger partial charge in [-0.25, -0.2) is 27.4 Å². The molecule has 0 atom stereocenters. The van der Waals surface area contributed by atoms with Gasteiger partial charge >= 0.3 is 0 Å². The van der Waals surface area contributed by atoms with Crippen LogP contribution in [0.15, 0.2) is 147 Å². The number of nitrogens with two attached hydrogens (primary N) is 2. The molecule has 27 nitrogen and oxygen atoms in total. The number of sulfonamides is 1. The highest BCUT2D eigenvalue weighted by molar-refractivity contribution is 7.94. The van der Waals surface area contributed by atoms with Crippen molar-refractivity contribution in [2.24, 2.45) is 30.7 Å². The number of rotatable bonds is 22.